The standard InChI is InChI=1S/C5H10OS2/c1-4(7)3-5(8)6-2/h4,7H,3H2,1-2H3. The van der Waals surface area contributed by atoms with Crippen molar-refractivity contribution in [3.63, 3.8) is 0 Å². The van der Waals surface area contributed by atoms with E-state index in [0.717, 1.165) is 6.42 Å². The lowest BCUT2D eigenvalue weighted by Gasteiger charge is -2.02. The summed E-state index contributed by atoms with van der Waals surface area (Å²) in [7, 11) is 1.58. The summed E-state index contributed by atoms with van der Waals surface area (Å²) in [4.78, 5) is 0. The lowest BCUT2D eigenvalue weighted by atomic mass is 10.3. The fourth-order valence-corrected chi connectivity index (χ4v) is 0.864. The van der Waals surface area contributed by atoms with Gasteiger partial charge in [-0.15, -0.1) is 0 Å². The fraction of sp³-hybridized carbons (Fsp3) is 0.800. The average molecular weight is 150 g/mol. The summed E-state index contributed by atoms with van der Waals surface area (Å²) in [6.07, 6.45) is 0.759. The lowest BCUT2D eigenvalue weighted by molar-refractivity contribution is 0.402. The number of hydrogen-bond acceptors (Lipinski definition) is 3. The van der Waals surface area contributed by atoms with Gasteiger partial charge in [-0.3, -0.25) is 0 Å². The molecular weight excluding hydrogens is 140 g/mol. The first-order valence-electron chi connectivity index (χ1n) is 2.41. The maximum Gasteiger partial charge on any atom is 0.160 e. The van der Waals surface area contributed by atoms with Crippen LogP contribution in [0.5, 0.6) is 0 Å². The first-order valence-corrected chi connectivity index (χ1v) is 3.34. The molecule has 0 bridgehead atoms. The van der Waals surface area contributed by atoms with E-state index >= 15 is 0 Å². The zero-order chi connectivity index (χ0) is 6.57. The maximum atomic E-state index is 4.76. The number of rotatable bonds is 2. The summed E-state index contributed by atoms with van der Waals surface area (Å²) < 4.78 is 4.74. The fourth-order valence-electron chi connectivity index (χ4n) is 0.325. The van der Waals surface area contributed by atoms with E-state index in [1.54, 1.807) is 7.11 Å². The number of hydrogen-bond donors (Lipinski definition) is 1. The van der Waals surface area contributed by atoms with Gasteiger partial charge in [0.1, 0.15) is 0 Å². The highest BCUT2D eigenvalue weighted by molar-refractivity contribution is 7.81. The number of thiol groups is 1. The molecule has 1 nitrogen and oxygen atoms in total. The highest BCUT2D eigenvalue weighted by Gasteiger charge is 1.98. The Labute approximate surface area is 60.8 Å². The molecule has 8 heavy (non-hydrogen) atoms. The van der Waals surface area contributed by atoms with Gasteiger partial charge in [-0.2, -0.15) is 12.6 Å². The first kappa shape index (κ1) is 8.24. The predicted molar refractivity (Wildman–Crippen MR) is 42.7 cm³/mol. The van der Waals surface area contributed by atoms with Gasteiger partial charge < -0.3 is 4.74 Å². The minimum Gasteiger partial charge on any atom is -0.490 e. The van der Waals surface area contributed by atoms with E-state index in [-0.39, 0.29) is 0 Å². The van der Waals surface area contributed by atoms with Crippen LogP contribution < -0.4 is 0 Å². The molecule has 0 heterocycles. The molecule has 0 N–H and O–H groups in total. The average Bonchev–Trinajstić information content (AvgIpc) is 1.65. The van der Waals surface area contributed by atoms with E-state index in [1.807, 2.05) is 6.92 Å². The Morgan fingerprint density at radius 1 is 1.88 bits per heavy atom. The van der Waals surface area contributed by atoms with Crippen molar-refractivity contribution in [2.45, 2.75) is 18.6 Å². The van der Waals surface area contributed by atoms with Crippen LogP contribution in [0.3, 0.4) is 0 Å². The van der Waals surface area contributed by atoms with Crippen molar-refractivity contribution >= 4 is 29.9 Å². The minimum absolute atomic E-state index is 0.308. The summed E-state index contributed by atoms with van der Waals surface area (Å²) in [5, 5.41) is 0.940. The second kappa shape index (κ2) is 4.15. The van der Waals surface area contributed by atoms with Crippen LogP contribution >= 0.6 is 24.8 Å². The third-order valence-electron chi connectivity index (χ3n) is 0.690. The van der Waals surface area contributed by atoms with Crippen molar-refractivity contribution < 1.29 is 4.74 Å². The van der Waals surface area contributed by atoms with Crippen LogP contribution in [0.1, 0.15) is 13.3 Å². The minimum atomic E-state index is 0.308. The van der Waals surface area contributed by atoms with Crippen molar-refractivity contribution in [1.82, 2.24) is 0 Å². The Morgan fingerprint density at radius 3 is 2.50 bits per heavy atom. The molecule has 0 aromatic rings. The summed E-state index contributed by atoms with van der Waals surface area (Å²) in [6, 6.07) is 0. The molecule has 0 spiro atoms. The van der Waals surface area contributed by atoms with Gasteiger partial charge in [0.2, 0.25) is 0 Å². The third kappa shape index (κ3) is 4.40. The smallest absolute Gasteiger partial charge is 0.160 e. The molecule has 0 aliphatic heterocycles. The molecule has 1 atom stereocenters. The molecule has 0 aliphatic carbocycles. The first-order chi connectivity index (χ1) is 3.66. The zero-order valence-electron chi connectivity index (χ0n) is 5.05. The van der Waals surface area contributed by atoms with Crippen LogP contribution in [-0.4, -0.2) is 17.4 Å². The normalized spacial score (nSPS) is 12.9. The van der Waals surface area contributed by atoms with Gasteiger partial charge in [0, 0.05) is 11.7 Å². The highest BCUT2D eigenvalue weighted by Crippen LogP contribution is 2.00. The van der Waals surface area contributed by atoms with Crippen LogP contribution in [0, 0.1) is 0 Å². The molecule has 3 heteroatoms. The molecule has 0 fully saturated rings. The molecule has 0 aromatic carbocycles. The van der Waals surface area contributed by atoms with Crippen LogP contribution in [0.2, 0.25) is 0 Å². The molecule has 0 radical (unpaired) electrons. The van der Waals surface area contributed by atoms with Gasteiger partial charge in [-0.05, 0) is 12.2 Å². The maximum absolute atomic E-state index is 4.76. The number of methoxy groups -OCH3 is 1. The second-order valence-electron chi connectivity index (χ2n) is 1.63. The van der Waals surface area contributed by atoms with Gasteiger partial charge in [0.05, 0.1) is 7.11 Å². The van der Waals surface area contributed by atoms with Gasteiger partial charge in [0.25, 0.3) is 0 Å². The zero-order valence-corrected chi connectivity index (χ0v) is 6.76. The van der Waals surface area contributed by atoms with Crippen LogP contribution in [0.15, 0.2) is 0 Å². The molecular formula is C5H10OS2. The monoisotopic (exact) mass is 150 g/mol. The third-order valence-corrected chi connectivity index (χ3v) is 1.21. The molecule has 0 amide bonds. The molecule has 0 aliphatic rings. The van der Waals surface area contributed by atoms with Crippen molar-refractivity contribution in [3.05, 3.63) is 0 Å². The molecule has 0 rings (SSSR count). The molecule has 0 aromatic heterocycles. The van der Waals surface area contributed by atoms with E-state index in [1.165, 1.54) is 0 Å². The van der Waals surface area contributed by atoms with Gasteiger partial charge in [-0.25, -0.2) is 0 Å². The van der Waals surface area contributed by atoms with E-state index < -0.39 is 0 Å². The van der Waals surface area contributed by atoms with Crippen molar-refractivity contribution in [2.75, 3.05) is 7.11 Å². The van der Waals surface area contributed by atoms with Crippen LogP contribution in [0.25, 0.3) is 0 Å². The van der Waals surface area contributed by atoms with E-state index in [2.05, 4.69) is 12.6 Å². The molecule has 0 saturated carbocycles. The Kier molecular flexibility index (Phi) is 4.28. The van der Waals surface area contributed by atoms with Crippen molar-refractivity contribution in [3.8, 4) is 0 Å². The largest absolute Gasteiger partial charge is 0.490 e. The summed E-state index contributed by atoms with van der Waals surface area (Å²) in [5.74, 6) is 0. The second-order valence-corrected chi connectivity index (χ2v) is 2.97. The Balaban J connectivity index is 3.25. The number of ether oxygens (including phenoxy) is 1. The van der Waals surface area contributed by atoms with Crippen molar-refractivity contribution in [2.24, 2.45) is 0 Å². The predicted octanol–water partition coefficient (Wildman–Crippen LogP) is 1.67. The molecule has 48 valence electrons. The quantitative estimate of drug-likeness (QED) is 0.473. The van der Waals surface area contributed by atoms with E-state index in [9.17, 15) is 0 Å². The van der Waals surface area contributed by atoms with Crippen molar-refractivity contribution in [1.29, 1.82) is 0 Å². The summed E-state index contributed by atoms with van der Waals surface area (Å²) >= 11 is 8.88. The van der Waals surface area contributed by atoms with Gasteiger partial charge in [-0.1, -0.05) is 6.92 Å². The summed E-state index contributed by atoms with van der Waals surface area (Å²) in [5.41, 5.74) is 0. The lowest BCUT2D eigenvalue weighted by Crippen LogP contribution is -2.03. The molecule has 1 unspecified atom stereocenters. The topological polar surface area (TPSA) is 9.23 Å². The summed E-state index contributed by atoms with van der Waals surface area (Å²) in [6.45, 7) is 1.98. The van der Waals surface area contributed by atoms with E-state index in [4.69, 9.17) is 17.0 Å². The highest BCUT2D eigenvalue weighted by atomic mass is 32.1. The molecule has 0 saturated heterocycles. The number of thiocarbonyl (C=S) groups is 1. The van der Waals surface area contributed by atoms with Crippen LogP contribution in [-0.2, 0) is 4.74 Å². The SMILES string of the molecule is COC(=S)CC(C)S. The van der Waals surface area contributed by atoms with Gasteiger partial charge in [0.15, 0.2) is 5.05 Å². The Morgan fingerprint density at radius 2 is 2.38 bits per heavy atom. The Bertz CT molecular complexity index is 80.5. The Hall–Kier alpha value is 0.240. The van der Waals surface area contributed by atoms with E-state index in [0.29, 0.717) is 10.3 Å². The van der Waals surface area contributed by atoms with Gasteiger partial charge >= 0.3 is 0 Å². The van der Waals surface area contributed by atoms with Crippen LogP contribution in [0.4, 0.5) is 0 Å².